The zero-order valence-corrected chi connectivity index (χ0v) is 9.04. The third kappa shape index (κ3) is 10.0. The van der Waals surface area contributed by atoms with Crippen molar-refractivity contribution in [2.45, 2.75) is 0 Å². The summed E-state index contributed by atoms with van der Waals surface area (Å²) in [4.78, 5) is 2.05. The number of rotatable bonds is 6. The van der Waals surface area contributed by atoms with Gasteiger partial charge < -0.3 is 39.2 Å². The molecule has 5 heteroatoms. The van der Waals surface area contributed by atoms with Crippen LogP contribution >= 0.6 is 12.2 Å². The van der Waals surface area contributed by atoms with Crippen LogP contribution in [0.1, 0.15) is 0 Å². The van der Waals surface area contributed by atoms with E-state index >= 15 is 0 Å². The van der Waals surface area contributed by atoms with Gasteiger partial charge in [0, 0.05) is 10.9 Å². The Morgan fingerprint density at radius 2 is 2.00 bits per heavy atom. The highest BCUT2D eigenvalue weighted by atomic mass is 32.1. The summed E-state index contributed by atoms with van der Waals surface area (Å²) in [5.74, 6) is 0. The molecule has 0 aromatic heterocycles. The van der Waals surface area contributed by atoms with Crippen LogP contribution in [0.25, 0.3) is 0 Å². The largest absolute Gasteiger partial charge is 0.511 e. The summed E-state index contributed by atoms with van der Waals surface area (Å²) in [6, 6.07) is 0. The van der Waals surface area contributed by atoms with Gasteiger partial charge in [-0.3, -0.25) is 0 Å². The molecule has 0 rings (SSSR count). The van der Waals surface area contributed by atoms with Gasteiger partial charge in [-0.1, -0.05) is 0 Å². The Morgan fingerprint density at radius 1 is 1.33 bits per heavy atom. The van der Waals surface area contributed by atoms with Crippen molar-refractivity contribution in [3.63, 3.8) is 0 Å². The molecule has 0 aliphatic heterocycles. The first-order valence-corrected chi connectivity index (χ1v) is 4.51. The molecule has 0 fully saturated rings. The first-order valence-electron chi connectivity index (χ1n) is 3.69. The summed E-state index contributed by atoms with van der Waals surface area (Å²) in [5, 5.41) is 0. The molecule has 0 aliphatic carbocycles. The van der Waals surface area contributed by atoms with E-state index in [2.05, 4.69) is 29.7 Å². The van der Waals surface area contributed by atoms with Crippen molar-refractivity contribution >= 4 is 29.2 Å². The summed E-state index contributed by atoms with van der Waals surface area (Å²) in [6.07, 6.45) is 0. The number of likely N-dealkylation sites (N-methyl/N-ethyl adjacent to an activating group) is 1. The van der Waals surface area contributed by atoms with Gasteiger partial charge in [-0.05, 0) is 14.1 Å². The lowest BCUT2D eigenvalue weighted by atomic mass is 10.6. The Bertz CT molecular complexity index is 131. The van der Waals surface area contributed by atoms with Gasteiger partial charge in [0.1, 0.15) is 6.61 Å². The van der Waals surface area contributed by atoms with Crippen LogP contribution in [0, 0.1) is 0 Å². The second-order valence-corrected chi connectivity index (χ2v) is 3.51. The second-order valence-electron chi connectivity index (χ2n) is 2.51. The van der Waals surface area contributed by atoms with Gasteiger partial charge in [0.2, 0.25) is 0 Å². The van der Waals surface area contributed by atoms with Crippen LogP contribution in [-0.2, 0) is 22.1 Å². The van der Waals surface area contributed by atoms with E-state index in [-0.39, 0.29) is 4.38 Å². The topological polar surface area (TPSA) is 21.7 Å². The highest BCUT2D eigenvalue weighted by Crippen LogP contribution is 1.82. The summed E-state index contributed by atoms with van der Waals surface area (Å²) >= 11 is 9.09. The molecular formula is C7H14NO2S2-. The number of hydrogen-bond acceptors (Lipinski definition) is 5. The molecule has 0 heterocycles. The van der Waals surface area contributed by atoms with E-state index in [9.17, 15) is 0 Å². The monoisotopic (exact) mass is 208 g/mol. The second kappa shape index (κ2) is 7.67. The van der Waals surface area contributed by atoms with Crippen molar-refractivity contribution in [2.75, 3.05) is 40.5 Å². The van der Waals surface area contributed by atoms with Crippen molar-refractivity contribution < 1.29 is 9.47 Å². The molecule has 0 spiro atoms. The molecule has 0 aromatic rings. The molecule has 3 nitrogen and oxygen atoms in total. The van der Waals surface area contributed by atoms with E-state index in [1.807, 2.05) is 14.1 Å². The minimum absolute atomic E-state index is 0.159. The van der Waals surface area contributed by atoms with Gasteiger partial charge >= 0.3 is 0 Å². The van der Waals surface area contributed by atoms with Crippen LogP contribution in [0.3, 0.4) is 0 Å². The van der Waals surface area contributed by atoms with Crippen LogP contribution in [0.5, 0.6) is 0 Å². The lowest BCUT2D eigenvalue weighted by Crippen LogP contribution is -2.19. The average Bonchev–Trinajstić information content (AvgIpc) is 1.95. The lowest BCUT2D eigenvalue weighted by Gasteiger charge is -2.11. The Morgan fingerprint density at radius 3 is 2.50 bits per heavy atom. The highest BCUT2D eigenvalue weighted by molar-refractivity contribution is 7.99. The van der Waals surface area contributed by atoms with Gasteiger partial charge in [-0.25, -0.2) is 0 Å². The SMILES string of the molecule is CN(C)CCOCCOC(=S)[S-]. The van der Waals surface area contributed by atoms with Crippen molar-refractivity contribution in [3.05, 3.63) is 0 Å². The zero-order valence-electron chi connectivity index (χ0n) is 7.41. The van der Waals surface area contributed by atoms with E-state index in [0.29, 0.717) is 19.8 Å². The van der Waals surface area contributed by atoms with Crippen LogP contribution < -0.4 is 0 Å². The minimum Gasteiger partial charge on any atom is -0.511 e. The highest BCUT2D eigenvalue weighted by Gasteiger charge is 1.90. The maximum Gasteiger partial charge on any atom is 0.109 e. The molecule has 0 saturated carbocycles. The fourth-order valence-corrected chi connectivity index (χ4v) is 0.700. The molecule has 0 aliphatic rings. The number of ether oxygens (including phenoxy) is 2. The maximum absolute atomic E-state index is 5.22. The lowest BCUT2D eigenvalue weighted by molar-refractivity contribution is 0.0881. The molecule has 0 bridgehead atoms. The van der Waals surface area contributed by atoms with E-state index < -0.39 is 0 Å². The fourth-order valence-electron chi connectivity index (χ4n) is 0.533. The van der Waals surface area contributed by atoms with Gasteiger partial charge in [0.05, 0.1) is 13.2 Å². The molecule has 0 aromatic carbocycles. The average molecular weight is 208 g/mol. The van der Waals surface area contributed by atoms with Gasteiger partial charge in [0.25, 0.3) is 0 Å². The minimum atomic E-state index is 0.159. The smallest absolute Gasteiger partial charge is 0.109 e. The zero-order chi connectivity index (χ0) is 9.40. The van der Waals surface area contributed by atoms with E-state index in [1.54, 1.807) is 0 Å². The molecule has 0 unspecified atom stereocenters. The Labute approximate surface area is 84.4 Å². The van der Waals surface area contributed by atoms with Gasteiger partial charge in [-0.2, -0.15) is 0 Å². The van der Waals surface area contributed by atoms with Crippen LogP contribution in [0.15, 0.2) is 0 Å². The van der Waals surface area contributed by atoms with E-state index in [4.69, 9.17) is 9.47 Å². The number of hydrogen-bond donors (Lipinski definition) is 0. The van der Waals surface area contributed by atoms with Crippen molar-refractivity contribution in [1.29, 1.82) is 0 Å². The normalized spacial score (nSPS) is 10.2. The maximum atomic E-state index is 5.22. The van der Waals surface area contributed by atoms with E-state index in [0.717, 1.165) is 6.54 Å². The quantitative estimate of drug-likeness (QED) is 0.357. The Hall–Kier alpha value is 0.0300. The van der Waals surface area contributed by atoms with Crippen LogP contribution in [-0.4, -0.2) is 49.7 Å². The Kier molecular flexibility index (Phi) is 7.69. The van der Waals surface area contributed by atoms with Crippen molar-refractivity contribution in [1.82, 2.24) is 4.90 Å². The van der Waals surface area contributed by atoms with Gasteiger partial charge in [-0.15, -0.1) is 0 Å². The van der Waals surface area contributed by atoms with Crippen molar-refractivity contribution in [3.8, 4) is 0 Å². The molecule has 0 saturated heterocycles. The summed E-state index contributed by atoms with van der Waals surface area (Å²) in [5.41, 5.74) is 0. The first kappa shape index (κ1) is 12.0. The molecule has 0 atom stereocenters. The molecule has 12 heavy (non-hydrogen) atoms. The first-order chi connectivity index (χ1) is 5.63. The summed E-state index contributed by atoms with van der Waals surface area (Å²) in [7, 11) is 4.00. The van der Waals surface area contributed by atoms with Crippen LogP contribution in [0.2, 0.25) is 0 Å². The molecule has 0 amide bonds. The van der Waals surface area contributed by atoms with Crippen LogP contribution in [0.4, 0.5) is 0 Å². The summed E-state index contributed by atoms with van der Waals surface area (Å²) < 4.78 is 10.2. The third-order valence-corrected chi connectivity index (χ3v) is 1.37. The predicted molar refractivity (Wildman–Crippen MR) is 55.3 cm³/mol. The summed E-state index contributed by atoms with van der Waals surface area (Å²) in [6.45, 7) is 2.62. The number of thiocarbonyl (C=S) groups is 1. The third-order valence-electron chi connectivity index (χ3n) is 1.13. The predicted octanol–water partition coefficient (Wildman–Crippen LogP) is 0.413. The number of nitrogens with zero attached hydrogens (tertiary/aromatic N) is 1. The van der Waals surface area contributed by atoms with Gasteiger partial charge in [0.15, 0.2) is 0 Å². The van der Waals surface area contributed by atoms with E-state index in [1.165, 1.54) is 0 Å². The molecular weight excluding hydrogens is 194 g/mol. The molecule has 0 N–H and O–H groups in total. The van der Waals surface area contributed by atoms with Crippen molar-refractivity contribution in [2.24, 2.45) is 0 Å². The Balaban J connectivity index is 2.96. The molecule has 72 valence electrons. The fraction of sp³-hybridized carbons (Fsp3) is 0.857. The molecule has 0 radical (unpaired) electrons. The standard InChI is InChI=1S/C7H15NO2S2/c1-8(2)3-4-9-5-6-10-7(11)12/h3-6H2,1-2H3,(H,11,12)/p-1.